The van der Waals surface area contributed by atoms with Crippen LogP contribution in [0.25, 0.3) is 0 Å². The molecule has 1 aromatic rings. The van der Waals surface area contributed by atoms with Crippen LogP contribution in [0, 0.1) is 0 Å². The number of aromatic nitrogens is 3. The fourth-order valence-corrected chi connectivity index (χ4v) is 2.01. The maximum absolute atomic E-state index is 12.3. The molecule has 98 valence electrons. The van der Waals surface area contributed by atoms with Gasteiger partial charge in [-0.15, -0.1) is 5.10 Å². The number of hydrogen-bond acceptors (Lipinski definition) is 4. The van der Waals surface area contributed by atoms with Crippen LogP contribution in [0.1, 0.15) is 26.0 Å². The van der Waals surface area contributed by atoms with E-state index in [0.717, 1.165) is 5.69 Å². The quantitative estimate of drug-likeness (QED) is 0.764. The van der Waals surface area contributed by atoms with Gasteiger partial charge < -0.3 is 10.2 Å². The number of carbonyl (C=O) groups excluding carboxylic acids is 2. The summed E-state index contributed by atoms with van der Waals surface area (Å²) in [5.74, 6) is -0.200. The molecule has 0 aromatic carbocycles. The normalized spacial score (nSPS) is 19.6. The molecule has 1 saturated heterocycles. The number of rotatable bonds is 2. The number of carbonyl (C=O) groups is 2. The van der Waals surface area contributed by atoms with Crippen LogP contribution in [-0.4, -0.2) is 43.8 Å². The molecule has 1 fully saturated rings. The van der Waals surface area contributed by atoms with Crippen LogP contribution in [0.5, 0.6) is 0 Å². The van der Waals surface area contributed by atoms with Crippen molar-refractivity contribution in [1.82, 2.24) is 25.2 Å². The first-order valence-electron chi connectivity index (χ1n) is 5.84. The number of hydrogen-bond donors (Lipinski definition) is 1. The minimum absolute atomic E-state index is 0.0981. The second-order valence-electron chi connectivity index (χ2n) is 5.03. The van der Waals surface area contributed by atoms with Crippen LogP contribution in [0.4, 0.5) is 0 Å². The maximum atomic E-state index is 12.3. The van der Waals surface area contributed by atoms with E-state index in [4.69, 9.17) is 0 Å². The molecule has 2 heterocycles. The monoisotopic (exact) mass is 251 g/mol. The first kappa shape index (κ1) is 12.5. The van der Waals surface area contributed by atoms with Crippen molar-refractivity contribution in [2.45, 2.75) is 32.4 Å². The molecule has 7 nitrogen and oxygen atoms in total. The lowest BCUT2D eigenvalue weighted by atomic mass is 10.0. The van der Waals surface area contributed by atoms with Gasteiger partial charge in [0.2, 0.25) is 11.8 Å². The summed E-state index contributed by atoms with van der Waals surface area (Å²) in [5.41, 5.74) is -0.147. The van der Waals surface area contributed by atoms with E-state index in [9.17, 15) is 9.59 Å². The van der Waals surface area contributed by atoms with E-state index in [1.165, 1.54) is 0 Å². The van der Waals surface area contributed by atoms with E-state index < -0.39 is 5.54 Å². The molecule has 0 atom stereocenters. The number of nitrogens with one attached hydrogen (secondary N) is 1. The highest BCUT2D eigenvalue weighted by molar-refractivity contribution is 5.92. The van der Waals surface area contributed by atoms with Crippen molar-refractivity contribution in [3.8, 4) is 0 Å². The van der Waals surface area contributed by atoms with Crippen LogP contribution in [0.2, 0.25) is 0 Å². The van der Waals surface area contributed by atoms with Gasteiger partial charge in [0.1, 0.15) is 11.2 Å². The molecule has 1 aliphatic heterocycles. The van der Waals surface area contributed by atoms with Gasteiger partial charge in [0.15, 0.2) is 0 Å². The molecule has 0 unspecified atom stereocenters. The summed E-state index contributed by atoms with van der Waals surface area (Å²) in [4.78, 5) is 25.4. The molecule has 0 radical (unpaired) electrons. The lowest BCUT2D eigenvalue weighted by molar-refractivity contribution is -0.137. The Balaban J connectivity index is 2.16. The molecule has 1 aliphatic rings. The minimum Gasteiger partial charge on any atom is -0.342 e. The summed E-state index contributed by atoms with van der Waals surface area (Å²) in [5, 5.41) is 10.5. The molecular weight excluding hydrogens is 234 g/mol. The van der Waals surface area contributed by atoms with Gasteiger partial charge in [0.25, 0.3) is 0 Å². The second-order valence-corrected chi connectivity index (χ2v) is 5.03. The predicted octanol–water partition coefficient (Wildman–Crippen LogP) is -0.558. The minimum atomic E-state index is -0.865. The predicted molar refractivity (Wildman–Crippen MR) is 63.3 cm³/mol. The second kappa shape index (κ2) is 4.40. The third-order valence-corrected chi connectivity index (χ3v) is 2.89. The Hall–Kier alpha value is -1.92. The SMILES string of the molecule is Cn1cc(CN2CCC(=O)NC(C)(C)C2=O)nn1. The molecule has 1 aromatic heterocycles. The molecule has 0 saturated carbocycles. The highest BCUT2D eigenvalue weighted by Crippen LogP contribution is 2.15. The van der Waals surface area contributed by atoms with E-state index in [1.807, 2.05) is 0 Å². The zero-order chi connectivity index (χ0) is 13.3. The topological polar surface area (TPSA) is 80.1 Å². The van der Waals surface area contributed by atoms with Crippen LogP contribution in [-0.2, 0) is 23.2 Å². The van der Waals surface area contributed by atoms with Gasteiger partial charge in [0.05, 0.1) is 6.54 Å². The van der Waals surface area contributed by atoms with Gasteiger partial charge in [-0.2, -0.15) is 0 Å². The van der Waals surface area contributed by atoms with Crippen molar-refractivity contribution >= 4 is 11.8 Å². The van der Waals surface area contributed by atoms with Crippen LogP contribution in [0.15, 0.2) is 6.20 Å². The van der Waals surface area contributed by atoms with E-state index in [-0.39, 0.29) is 11.8 Å². The van der Waals surface area contributed by atoms with Gasteiger partial charge in [-0.05, 0) is 13.8 Å². The maximum Gasteiger partial charge on any atom is 0.248 e. The van der Waals surface area contributed by atoms with Gasteiger partial charge in [0, 0.05) is 26.2 Å². The Morgan fingerprint density at radius 1 is 1.44 bits per heavy atom. The smallest absolute Gasteiger partial charge is 0.248 e. The summed E-state index contributed by atoms with van der Waals surface area (Å²) in [6.45, 7) is 4.21. The standard InChI is InChI=1S/C11H17N5O2/c1-11(2)10(18)16(5-4-9(17)12-11)7-8-6-15(3)14-13-8/h6H,4-5,7H2,1-3H3,(H,12,17). The average Bonchev–Trinajstić information content (AvgIpc) is 2.64. The molecule has 0 spiro atoms. The molecule has 1 N–H and O–H groups in total. The lowest BCUT2D eigenvalue weighted by Gasteiger charge is -2.28. The van der Waals surface area contributed by atoms with E-state index >= 15 is 0 Å². The molecule has 2 rings (SSSR count). The fraction of sp³-hybridized carbons (Fsp3) is 0.636. The highest BCUT2D eigenvalue weighted by atomic mass is 16.2. The molecule has 0 aliphatic carbocycles. The zero-order valence-corrected chi connectivity index (χ0v) is 10.8. The summed E-state index contributed by atoms with van der Waals surface area (Å²) < 4.78 is 1.59. The van der Waals surface area contributed by atoms with Gasteiger partial charge in [-0.3, -0.25) is 14.3 Å². The average molecular weight is 251 g/mol. The van der Waals surface area contributed by atoms with Crippen molar-refractivity contribution in [2.75, 3.05) is 6.54 Å². The summed E-state index contributed by atoms with van der Waals surface area (Å²) in [7, 11) is 1.77. The van der Waals surface area contributed by atoms with Crippen molar-refractivity contribution < 1.29 is 9.59 Å². The Morgan fingerprint density at radius 2 is 2.17 bits per heavy atom. The molecule has 2 amide bonds. The summed E-state index contributed by atoms with van der Waals surface area (Å²) in [6, 6.07) is 0. The Kier molecular flexibility index (Phi) is 3.06. The molecule has 0 bridgehead atoms. The van der Waals surface area contributed by atoms with Crippen molar-refractivity contribution in [2.24, 2.45) is 7.05 Å². The first-order valence-corrected chi connectivity index (χ1v) is 5.84. The summed E-state index contributed by atoms with van der Waals surface area (Å²) >= 11 is 0. The van der Waals surface area contributed by atoms with Crippen molar-refractivity contribution in [3.05, 3.63) is 11.9 Å². The third kappa shape index (κ3) is 2.49. The van der Waals surface area contributed by atoms with E-state index in [1.54, 1.807) is 36.7 Å². The highest BCUT2D eigenvalue weighted by Gasteiger charge is 2.36. The number of aryl methyl sites for hydroxylation is 1. The van der Waals surface area contributed by atoms with Crippen LogP contribution in [0.3, 0.4) is 0 Å². The van der Waals surface area contributed by atoms with Gasteiger partial charge in [-0.25, -0.2) is 0 Å². The molecule has 18 heavy (non-hydrogen) atoms. The summed E-state index contributed by atoms with van der Waals surface area (Å²) in [6.07, 6.45) is 2.08. The largest absolute Gasteiger partial charge is 0.342 e. The van der Waals surface area contributed by atoms with E-state index in [2.05, 4.69) is 15.6 Å². The Morgan fingerprint density at radius 3 is 2.78 bits per heavy atom. The Bertz CT molecular complexity index is 480. The van der Waals surface area contributed by atoms with Crippen LogP contribution >= 0.6 is 0 Å². The zero-order valence-electron chi connectivity index (χ0n) is 10.8. The Labute approximate surface area is 105 Å². The third-order valence-electron chi connectivity index (χ3n) is 2.89. The fourth-order valence-electron chi connectivity index (χ4n) is 2.01. The van der Waals surface area contributed by atoms with E-state index in [0.29, 0.717) is 19.5 Å². The number of nitrogens with zero attached hydrogens (tertiary/aromatic N) is 4. The first-order chi connectivity index (χ1) is 8.38. The van der Waals surface area contributed by atoms with Crippen LogP contribution < -0.4 is 5.32 Å². The molecular formula is C11H17N5O2. The number of amides is 2. The van der Waals surface area contributed by atoms with Crippen molar-refractivity contribution in [3.63, 3.8) is 0 Å². The van der Waals surface area contributed by atoms with Crippen molar-refractivity contribution in [1.29, 1.82) is 0 Å². The molecule has 7 heteroatoms. The lowest BCUT2D eigenvalue weighted by Crippen LogP contribution is -2.52. The van der Waals surface area contributed by atoms with Gasteiger partial charge >= 0.3 is 0 Å². The van der Waals surface area contributed by atoms with Gasteiger partial charge in [-0.1, -0.05) is 5.21 Å².